The largest absolute Gasteiger partial charge is 0.351 e. The van der Waals surface area contributed by atoms with Gasteiger partial charge in [-0.25, -0.2) is 9.37 Å². The molecular weight excluding hydrogens is 447 g/mol. The van der Waals surface area contributed by atoms with Crippen molar-refractivity contribution in [1.82, 2.24) is 30.6 Å². The van der Waals surface area contributed by atoms with E-state index in [1.807, 2.05) is 36.1 Å². The summed E-state index contributed by atoms with van der Waals surface area (Å²) in [5.41, 5.74) is 8.05. The number of likely N-dealkylation sites (N-methyl/N-ethyl adjacent to an activating group) is 1. The lowest BCUT2D eigenvalue weighted by Crippen LogP contribution is -2.49. The van der Waals surface area contributed by atoms with E-state index in [2.05, 4.69) is 43.0 Å². The van der Waals surface area contributed by atoms with Gasteiger partial charge in [0.1, 0.15) is 0 Å². The molecule has 3 heterocycles. The fraction of sp³-hybridized carbons (Fsp3) is 0.560. The van der Waals surface area contributed by atoms with Crippen molar-refractivity contribution >= 4 is 23.4 Å². The Morgan fingerprint density at radius 2 is 1.97 bits per heavy atom. The Kier molecular flexibility index (Phi) is 7.12. The maximum Gasteiger partial charge on any atom is 0.253 e. The Labute approximate surface area is 206 Å². The number of fused-ring (bicyclic) bond motifs is 1. The number of carbonyl (C=O) groups is 1. The van der Waals surface area contributed by atoms with Crippen molar-refractivity contribution in [3.8, 4) is 0 Å². The van der Waals surface area contributed by atoms with Gasteiger partial charge in [0.05, 0.1) is 6.20 Å². The second-order valence-corrected chi connectivity index (χ2v) is 9.74. The van der Waals surface area contributed by atoms with E-state index >= 15 is 0 Å². The minimum atomic E-state index is -0.411. The minimum Gasteiger partial charge on any atom is -0.351 e. The Morgan fingerprint density at radius 1 is 1.20 bits per heavy atom. The second kappa shape index (κ2) is 10.4. The molecule has 2 saturated heterocycles. The summed E-state index contributed by atoms with van der Waals surface area (Å²) < 4.78 is 14.9. The quantitative estimate of drug-likeness (QED) is 0.578. The highest BCUT2D eigenvalue weighted by Gasteiger charge is 2.40. The number of piperazine rings is 1. The zero-order valence-electron chi connectivity index (χ0n) is 20.5. The van der Waals surface area contributed by atoms with Crippen molar-refractivity contribution in [2.45, 2.75) is 38.3 Å². The summed E-state index contributed by atoms with van der Waals surface area (Å²) in [4.78, 5) is 27.8. The van der Waals surface area contributed by atoms with E-state index in [9.17, 15) is 9.18 Å². The number of carbonyl (C=O) groups excluding carboxylic acids is 1. The molecule has 1 saturated carbocycles. The van der Waals surface area contributed by atoms with Gasteiger partial charge in [-0.1, -0.05) is 0 Å². The first-order valence-electron chi connectivity index (χ1n) is 12.7. The van der Waals surface area contributed by atoms with Gasteiger partial charge in [-0.2, -0.15) is 4.98 Å². The number of hydrazine groups is 1. The molecule has 3 atom stereocenters. The topological polar surface area (TPSA) is 88.7 Å². The van der Waals surface area contributed by atoms with Gasteiger partial charge in [-0.3, -0.25) is 15.6 Å². The molecule has 0 radical (unpaired) electrons. The number of hydrogen-bond acceptors (Lipinski definition) is 8. The zero-order chi connectivity index (χ0) is 24.4. The van der Waals surface area contributed by atoms with Gasteiger partial charge in [-0.15, -0.1) is 0 Å². The van der Waals surface area contributed by atoms with Gasteiger partial charge in [0.25, 0.3) is 5.91 Å². The van der Waals surface area contributed by atoms with Gasteiger partial charge in [0, 0.05) is 68.5 Å². The number of anilines is 3. The van der Waals surface area contributed by atoms with Crippen LogP contribution in [0.1, 0.15) is 36.5 Å². The van der Waals surface area contributed by atoms with Crippen molar-refractivity contribution < 1.29 is 9.18 Å². The normalized spacial score (nSPS) is 24.8. The fourth-order valence-corrected chi connectivity index (χ4v) is 5.57. The number of hydrogen-bond donors (Lipinski definition) is 3. The van der Waals surface area contributed by atoms with Gasteiger partial charge < -0.3 is 20.0 Å². The van der Waals surface area contributed by atoms with Gasteiger partial charge in [-0.05, 0) is 57.5 Å². The summed E-state index contributed by atoms with van der Waals surface area (Å²) in [6.07, 6.45) is 4.50. The van der Waals surface area contributed by atoms with Crippen LogP contribution in [0.2, 0.25) is 0 Å². The van der Waals surface area contributed by atoms with Gasteiger partial charge in [0.2, 0.25) is 5.95 Å². The van der Waals surface area contributed by atoms with Crippen LogP contribution in [0.5, 0.6) is 0 Å². The third kappa shape index (κ3) is 5.10. The van der Waals surface area contributed by atoms with E-state index in [0.717, 1.165) is 57.7 Å². The highest BCUT2D eigenvalue weighted by atomic mass is 19.1. The third-order valence-corrected chi connectivity index (χ3v) is 7.57. The van der Waals surface area contributed by atoms with Crippen molar-refractivity contribution in [3.63, 3.8) is 0 Å². The SMILES string of the molecule is CCN(c1nc(Nc2ccc(C(=O)N3CCN(C)CC3)cc2)ncc1F)C1CCCC2NNCC21. The summed E-state index contributed by atoms with van der Waals surface area (Å²) in [7, 11) is 2.07. The predicted molar refractivity (Wildman–Crippen MR) is 134 cm³/mol. The van der Waals surface area contributed by atoms with Crippen LogP contribution in [-0.2, 0) is 0 Å². The van der Waals surface area contributed by atoms with Crippen molar-refractivity contribution in [2.75, 3.05) is 56.5 Å². The molecule has 2 aromatic rings. The number of nitrogens with zero attached hydrogens (tertiary/aromatic N) is 5. The van der Waals surface area contributed by atoms with E-state index < -0.39 is 5.82 Å². The highest BCUT2D eigenvalue weighted by Crippen LogP contribution is 2.34. The van der Waals surface area contributed by atoms with Crippen LogP contribution in [0.4, 0.5) is 21.8 Å². The Hall–Kier alpha value is -2.82. The van der Waals surface area contributed by atoms with Gasteiger partial charge >= 0.3 is 0 Å². The maximum atomic E-state index is 14.9. The molecule has 0 spiro atoms. The lowest BCUT2D eigenvalue weighted by atomic mass is 9.81. The summed E-state index contributed by atoms with van der Waals surface area (Å²) in [6.45, 7) is 6.85. The standard InChI is InChI=1S/C25H35FN8O/c1-3-34(22-6-4-5-21-19(22)15-28-31-21)23-20(26)16-27-25(30-23)29-18-9-7-17(8-10-18)24(35)33-13-11-32(2)12-14-33/h7-10,16,19,21-22,28,31H,3-6,11-15H2,1-2H3,(H,27,29,30). The molecule has 10 heteroatoms. The molecule has 0 bridgehead atoms. The zero-order valence-corrected chi connectivity index (χ0v) is 20.5. The molecule has 1 aromatic carbocycles. The summed E-state index contributed by atoms with van der Waals surface area (Å²) in [5, 5.41) is 3.18. The summed E-state index contributed by atoms with van der Waals surface area (Å²) in [6, 6.07) is 7.95. The van der Waals surface area contributed by atoms with Crippen LogP contribution in [0.3, 0.4) is 0 Å². The maximum absolute atomic E-state index is 14.9. The second-order valence-electron chi connectivity index (χ2n) is 9.74. The van der Waals surface area contributed by atoms with Crippen LogP contribution in [0, 0.1) is 11.7 Å². The molecule has 1 amide bonds. The summed E-state index contributed by atoms with van der Waals surface area (Å²) in [5.74, 6) is 0.731. The first-order chi connectivity index (χ1) is 17.0. The number of halogens is 1. The lowest BCUT2D eigenvalue weighted by molar-refractivity contribution is 0.0664. The monoisotopic (exact) mass is 482 g/mol. The van der Waals surface area contributed by atoms with E-state index in [1.165, 1.54) is 6.20 Å². The number of aromatic nitrogens is 2. The van der Waals surface area contributed by atoms with E-state index in [4.69, 9.17) is 0 Å². The molecule has 188 valence electrons. The molecule has 3 fully saturated rings. The van der Waals surface area contributed by atoms with Crippen molar-refractivity contribution in [2.24, 2.45) is 5.92 Å². The molecule has 3 aliphatic rings. The number of rotatable bonds is 6. The summed E-state index contributed by atoms with van der Waals surface area (Å²) >= 11 is 0. The molecular formula is C25H35FN8O. The molecule has 5 rings (SSSR count). The number of nitrogens with one attached hydrogen (secondary N) is 3. The third-order valence-electron chi connectivity index (χ3n) is 7.57. The van der Waals surface area contributed by atoms with E-state index in [0.29, 0.717) is 35.8 Å². The molecule has 1 aliphatic carbocycles. The number of benzene rings is 1. The smallest absolute Gasteiger partial charge is 0.253 e. The van der Waals surface area contributed by atoms with Crippen LogP contribution >= 0.6 is 0 Å². The first-order valence-corrected chi connectivity index (χ1v) is 12.7. The van der Waals surface area contributed by atoms with Crippen molar-refractivity contribution in [3.05, 3.63) is 41.8 Å². The Bertz CT molecular complexity index is 1030. The van der Waals surface area contributed by atoms with Crippen LogP contribution in [-0.4, -0.2) is 84.1 Å². The molecule has 3 unspecified atom stereocenters. The average molecular weight is 483 g/mol. The molecule has 1 aromatic heterocycles. The molecule has 3 N–H and O–H groups in total. The van der Waals surface area contributed by atoms with E-state index in [1.54, 1.807) is 0 Å². The molecule has 2 aliphatic heterocycles. The predicted octanol–water partition coefficient (Wildman–Crippen LogP) is 2.22. The Morgan fingerprint density at radius 3 is 2.71 bits per heavy atom. The van der Waals surface area contributed by atoms with Crippen molar-refractivity contribution in [1.29, 1.82) is 0 Å². The van der Waals surface area contributed by atoms with Crippen LogP contribution in [0.25, 0.3) is 0 Å². The van der Waals surface area contributed by atoms with Crippen LogP contribution < -0.4 is 21.1 Å². The first kappa shape index (κ1) is 23.9. The van der Waals surface area contributed by atoms with E-state index in [-0.39, 0.29) is 11.9 Å². The van der Waals surface area contributed by atoms with Crippen LogP contribution in [0.15, 0.2) is 30.5 Å². The number of amides is 1. The fourth-order valence-electron chi connectivity index (χ4n) is 5.57. The van der Waals surface area contributed by atoms with Gasteiger partial charge in [0.15, 0.2) is 11.6 Å². The molecule has 9 nitrogen and oxygen atoms in total. The average Bonchev–Trinajstić information content (AvgIpc) is 3.37. The minimum absolute atomic E-state index is 0.0465. The highest BCUT2D eigenvalue weighted by molar-refractivity contribution is 5.94. The molecule has 35 heavy (non-hydrogen) atoms. The Balaban J connectivity index is 1.29. The lowest BCUT2D eigenvalue weighted by Gasteiger charge is -2.40.